The second kappa shape index (κ2) is 3.70. The summed E-state index contributed by atoms with van der Waals surface area (Å²) in [7, 11) is -1.92. The molecule has 8 heteroatoms. The summed E-state index contributed by atoms with van der Waals surface area (Å²) in [5, 5.41) is 3.79. The molecule has 0 fully saturated rings. The van der Waals surface area contributed by atoms with Crippen LogP contribution in [0.5, 0.6) is 0 Å². The van der Waals surface area contributed by atoms with Crippen LogP contribution in [0, 0.1) is 0 Å². The summed E-state index contributed by atoms with van der Waals surface area (Å²) in [6.07, 6.45) is 2.46. The van der Waals surface area contributed by atoms with Crippen LogP contribution in [-0.2, 0) is 17.1 Å². The molecule has 1 heterocycles. The van der Waals surface area contributed by atoms with E-state index in [-0.39, 0.29) is 5.69 Å². The van der Waals surface area contributed by atoms with Gasteiger partial charge in [0.05, 0.1) is 10.7 Å². The van der Waals surface area contributed by atoms with E-state index >= 15 is 0 Å². The maximum atomic E-state index is 11.3. The molecule has 0 aliphatic heterocycles. The number of halogens is 1. The normalized spacial score (nSPS) is 11.4. The number of hydrogen-bond donors (Lipinski definition) is 1. The third kappa shape index (κ3) is 2.81. The van der Waals surface area contributed by atoms with E-state index in [1.165, 1.54) is 4.68 Å². The Morgan fingerprint density at radius 1 is 1.64 bits per heavy atom. The number of rotatable bonds is 2. The molecule has 0 saturated heterocycles. The van der Waals surface area contributed by atoms with E-state index in [1.807, 2.05) is 4.72 Å². The molecule has 0 bridgehead atoms. The lowest BCUT2D eigenvalue weighted by Gasteiger charge is -1.98. The fraction of sp³-hybridized carbons (Fsp3) is 0.333. The van der Waals surface area contributed by atoms with Crippen molar-refractivity contribution in [3.05, 3.63) is 16.4 Å². The predicted molar refractivity (Wildman–Crippen MR) is 53.2 cm³/mol. The maximum absolute atomic E-state index is 11.3. The molecule has 1 N–H and O–H groups in total. The molecule has 14 heavy (non-hydrogen) atoms. The molecule has 0 aliphatic carbocycles. The van der Waals surface area contributed by atoms with Gasteiger partial charge in [-0.15, -0.1) is 0 Å². The molecular weight excluding hydrogens is 274 g/mol. The van der Waals surface area contributed by atoms with Gasteiger partial charge in [-0.2, -0.15) is 5.10 Å². The number of amides is 1. The smallest absolute Gasteiger partial charge is 0.274 e. The van der Waals surface area contributed by atoms with Crippen LogP contribution in [0.15, 0.2) is 10.7 Å². The minimum absolute atomic E-state index is 0.0397. The van der Waals surface area contributed by atoms with Crippen LogP contribution in [-0.4, -0.2) is 30.4 Å². The average molecular weight is 282 g/mol. The van der Waals surface area contributed by atoms with Gasteiger partial charge < -0.3 is 0 Å². The van der Waals surface area contributed by atoms with Crippen LogP contribution in [0.4, 0.5) is 0 Å². The summed E-state index contributed by atoms with van der Waals surface area (Å²) in [6.45, 7) is 0. The van der Waals surface area contributed by atoms with E-state index in [0.29, 0.717) is 4.47 Å². The van der Waals surface area contributed by atoms with Crippen molar-refractivity contribution >= 4 is 31.9 Å². The Bertz CT molecular complexity index is 465. The number of hydrogen-bond acceptors (Lipinski definition) is 4. The number of nitrogens with zero attached hydrogens (tertiary/aromatic N) is 2. The quantitative estimate of drug-likeness (QED) is 0.819. The summed E-state index contributed by atoms with van der Waals surface area (Å²) >= 11 is 3.09. The fourth-order valence-corrected chi connectivity index (χ4v) is 1.82. The number of aryl methyl sites for hydroxylation is 1. The fourth-order valence-electron chi connectivity index (χ4n) is 0.830. The highest BCUT2D eigenvalue weighted by Crippen LogP contribution is 2.13. The van der Waals surface area contributed by atoms with Crippen molar-refractivity contribution in [2.75, 3.05) is 6.26 Å². The van der Waals surface area contributed by atoms with Crippen molar-refractivity contribution in [2.24, 2.45) is 7.05 Å². The van der Waals surface area contributed by atoms with Crippen molar-refractivity contribution in [2.45, 2.75) is 0 Å². The lowest BCUT2D eigenvalue weighted by atomic mass is 10.4. The Kier molecular flexibility index (Phi) is 2.95. The van der Waals surface area contributed by atoms with E-state index in [0.717, 1.165) is 6.26 Å². The van der Waals surface area contributed by atoms with Gasteiger partial charge in [0.1, 0.15) is 0 Å². The van der Waals surface area contributed by atoms with Crippen molar-refractivity contribution < 1.29 is 13.2 Å². The number of aromatic nitrogens is 2. The first kappa shape index (κ1) is 11.2. The molecule has 0 radical (unpaired) electrons. The zero-order chi connectivity index (χ0) is 10.9. The zero-order valence-corrected chi connectivity index (χ0v) is 9.89. The van der Waals surface area contributed by atoms with E-state index in [4.69, 9.17) is 0 Å². The predicted octanol–water partition coefficient (Wildman–Crippen LogP) is -0.128. The van der Waals surface area contributed by atoms with Crippen molar-refractivity contribution in [3.8, 4) is 0 Å². The monoisotopic (exact) mass is 281 g/mol. The van der Waals surface area contributed by atoms with Crippen molar-refractivity contribution in [1.29, 1.82) is 0 Å². The summed E-state index contributed by atoms with van der Waals surface area (Å²) in [5.74, 6) is -0.750. The third-order valence-corrected chi connectivity index (χ3v) is 2.41. The van der Waals surface area contributed by atoms with E-state index in [2.05, 4.69) is 21.0 Å². The second-order valence-corrected chi connectivity index (χ2v) is 5.31. The first-order valence-corrected chi connectivity index (χ1v) is 6.19. The van der Waals surface area contributed by atoms with Crippen LogP contribution in [0.2, 0.25) is 0 Å². The number of nitrogens with one attached hydrogen (secondary N) is 1. The molecule has 0 saturated carbocycles. The van der Waals surface area contributed by atoms with Crippen LogP contribution in [0.25, 0.3) is 0 Å². The van der Waals surface area contributed by atoms with Crippen molar-refractivity contribution in [1.82, 2.24) is 14.5 Å². The van der Waals surface area contributed by atoms with Crippen LogP contribution >= 0.6 is 15.9 Å². The molecule has 6 nitrogen and oxygen atoms in total. The molecule has 0 aliphatic rings. The van der Waals surface area contributed by atoms with Gasteiger partial charge in [0, 0.05) is 13.2 Å². The van der Waals surface area contributed by atoms with Gasteiger partial charge in [-0.3, -0.25) is 9.48 Å². The van der Waals surface area contributed by atoms with E-state index in [9.17, 15) is 13.2 Å². The van der Waals surface area contributed by atoms with Gasteiger partial charge in [0.25, 0.3) is 5.91 Å². The second-order valence-electron chi connectivity index (χ2n) is 2.70. The first-order chi connectivity index (χ1) is 6.29. The van der Waals surface area contributed by atoms with Gasteiger partial charge >= 0.3 is 0 Å². The molecule has 1 aromatic heterocycles. The van der Waals surface area contributed by atoms with Gasteiger partial charge in [-0.1, -0.05) is 0 Å². The van der Waals surface area contributed by atoms with Gasteiger partial charge in [0.15, 0.2) is 5.69 Å². The highest BCUT2D eigenvalue weighted by atomic mass is 79.9. The molecule has 1 rings (SSSR count). The molecule has 0 unspecified atom stereocenters. The minimum Gasteiger partial charge on any atom is -0.274 e. The average Bonchev–Trinajstić information content (AvgIpc) is 2.26. The molecular formula is C6H8BrN3O3S. The molecule has 1 aromatic rings. The van der Waals surface area contributed by atoms with Gasteiger partial charge in [0.2, 0.25) is 10.0 Å². The van der Waals surface area contributed by atoms with Crippen LogP contribution < -0.4 is 4.72 Å². The van der Waals surface area contributed by atoms with Crippen LogP contribution in [0.1, 0.15) is 10.5 Å². The van der Waals surface area contributed by atoms with Crippen LogP contribution in [0.3, 0.4) is 0 Å². The van der Waals surface area contributed by atoms with Gasteiger partial charge in [-0.05, 0) is 15.9 Å². The Balaban J connectivity index is 2.96. The zero-order valence-electron chi connectivity index (χ0n) is 7.48. The number of sulfonamides is 1. The summed E-state index contributed by atoms with van der Waals surface area (Å²) in [5.41, 5.74) is 0.0397. The van der Waals surface area contributed by atoms with Gasteiger partial charge in [-0.25, -0.2) is 13.1 Å². The standard InChI is InChI=1S/C6H8BrN3O3S/c1-10-3-4(7)5(8-10)6(11)9-14(2,12)13/h3H,1-2H3,(H,9,11). The summed E-state index contributed by atoms with van der Waals surface area (Å²) < 4.78 is 25.2. The molecule has 1 amide bonds. The Labute approximate surface area is 89.5 Å². The third-order valence-electron chi connectivity index (χ3n) is 1.28. The number of carbonyl (C=O) groups excluding carboxylic acids is 1. The first-order valence-electron chi connectivity index (χ1n) is 3.51. The molecule has 0 spiro atoms. The Morgan fingerprint density at radius 3 is 2.57 bits per heavy atom. The van der Waals surface area contributed by atoms with E-state index < -0.39 is 15.9 Å². The summed E-state index contributed by atoms with van der Waals surface area (Å²) in [6, 6.07) is 0. The maximum Gasteiger partial charge on any atom is 0.286 e. The number of carbonyl (C=O) groups is 1. The minimum atomic E-state index is -3.55. The Morgan fingerprint density at radius 2 is 2.21 bits per heavy atom. The highest BCUT2D eigenvalue weighted by molar-refractivity contribution is 9.10. The largest absolute Gasteiger partial charge is 0.286 e. The lowest BCUT2D eigenvalue weighted by molar-refractivity contribution is 0.0975. The topological polar surface area (TPSA) is 81.1 Å². The lowest BCUT2D eigenvalue weighted by Crippen LogP contribution is -2.29. The highest BCUT2D eigenvalue weighted by Gasteiger charge is 2.17. The molecule has 78 valence electrons. The SMILES string of the molecule is Cn1cc(Br)c(C(=O)NS(C)(=O)=O)n1. The Hall–Kier alpha value is -0.890. The molecule has 0 aromatic carbocycles. The van der Waals surface area contributed by atoms with Crippen molar-refractivity contribution in [3.63, 3.8) is 0 Å². The summed E-state index contributed by atoms with van der Waals surface area (Å²) in [4.78, 5) is 11.3. The molecule has 0 atom stereocenters. The van der Waals surface area contributed by atoms with E-state index in [1.54, 1.807) is 13.2 Å².